The van der Waals surface area contributed by atoms with Gasteiger partial charge in [-0.3, -0.25) is 11.0 Å². The zero-order valence-electron chi connectivity index (χ0n) is 3.77. The zero-order valence-corrected chi connectivity index (χ0v) is 5.48. The summed E-state index contributed by atoms with van der Waals surface area (Å²) in [4.78, 5) is 9.51. The predicted octanol–water partition coefficient (Wildman–Crippen LogP) is -1.09. The summed E-state index contributed by atoms with van der Waals surface area (Å²) >= 11 is 4.27. The molecule has 5 N–H and O–H groups in total. The van der Waals surface area contributed by atoms with Crippen molar-refractivity contribution in [3.05, 3.63) is 10.1 Å². The molecule has 0 saturated heterocycles. The van der Waals surface area contributed by atoms with E-state index in [0.717, 1.165) is 0 Å². The summed E-state index contributed by atoms with van der Waals surface area (Å²) in [5.41, 5.74) is 9.77. The van der Waals surface area contributed by atoms with Crippen LogP contribution in [0.1, 0.15) is 0 Å². The molecule has 0 aliphatic heterocycles. The quantitative estimate of drug-likeness (QED) is 0.266. The molecule has 0 aromatic heterocycles. The Balaban J connectivity index is 3.74. The summed E-state index contributed by atoms with van der Waals surface area (Å²) in [6.07, 6.45) is 0. The van der Waals surface area contributed by atoms with Gasteiger partial charge in [0.2, 0.25) is 6.49 Å². The van der Waals surface area contributed by atoms with Gasteiger partial charge in [-0.2, -0.15) is 0 Å². The second-order valence-electron chi connectivity index (χ2n) is 1.07. The van der Waals surface area contributed by atoms with Crippen LogP contribution in [-0.2, 0) is 11.8 Å². The minimum absolute atomic E-state index is 0.846. The molecule has 0 unspecified atom stereocenters. The molecule has 8 heavy (non-hydrogen) atoms. The van der Waals surface area contributed by atoms with Gasteiger partial charge in [-0.05, 0) is 11.8 Å². The average Bonchev–Trinajstić information content (AvgIpc) is 1.21. The van der Waals surface area contributed by atoms with Crippen LogP contribution in [0.4, 0.5) is 0 Å². The highest BCUT2D eigenvalue weighted by Crippen LogP contribution is 2.16. The van der Waals surface area contributed by atoms with Gasteiger partial charge < -0.3 is 0 Å². The molecule has 6 nitrogen and oxygen atoms in total. The van der Waals surface area contributed by atoms with Crippen molar-refractivity contribution in [3.63, 3.8) is 0 Å². The molecule has 0 aliphatic rings. The molecular weight excluding hydrogens is 151 g/mol. The maximum atomic E-state index is 9.51. The number of hydrogen-bond donors (Lipinski definition) is 3. The molecule has 0 heterocycles. The SMILES string of the molecule is NP(N)(=S)N[N+](=O)[O-]. The summed E-state index contributed by atoms with van der Waals surface area (Å²) in [7, 11) is 0. The zero-order chi connectivity index (χ0) is 6.78. The van der Waals surface area contributed by atoms with E-state index in [9.17, 15) is 10.1 Å². The molecule has 0 amide bonds. The van der Waals surface area contributed by atoms with Crippen molar-refractivity contribution in [2.24, 2.45) is 11.0 Å². The van der Waals surface area contributed by atoms with Crippen LogP contribution in [0.25, 0.3) is 0 Å². The Morgan fingerprint density at radius 1 is 1.75 bits per heavy atom. The highest BCUT2D eigenvalue weighted by Gasteiger charge is 2.06. The number of hydrazine groups is 1. The van der Waals surface area contributed by atoms with Crippen LogP contribution in [0, 0.1) is 10.1 Å². The third-order valence-electron chi connectivity index (χ3n) is 0.238. The van der Waals surface area contributed by atoms with Gasteiger partial charge in [-0.15, -0.1) is 0 Å². The molecule has 0 bridgehead atoms. The van der Waals surface area contributed by atoms with Crippen LogP contribution >= 0.6 is 6.49 Å². The molecule has 0 aliphatic carbocycles. The van der Waals surface area contributed by atoms with Crippen molar-refractivity contribution < 1.29 is 5.03 Å². The van der Waals surface area contributed by atoms with Gasteiger partial charge in [0.05, 0.1) is 0 Å². The molecular formula is H5N4O2PS. The molecule has 8 heteroatoms. The van der Waals surface area contributed by atoms with Gasteiger partial charge in [0.1, 0.15) is 0 Å². The van der Waals surface area contributed by atoms with Crippen LogP contribution in [0.5, 0.6) is 0 Å². The van der Waals surface area contributed by atoms with Gasteiger partial charge in [-0.1, -0.05) is 5.20 Å². The maximum absolute atomic E-state index is 9.51. The van der Waals surface area contributed by atoms with Crippen molar-refractivity contribution in [2.45, 2.75) is 0 Å². The first-order valence-electron chi connectivity index (χ1n) is 1.51. The minimum atomic E-state index is -2.84. The summed E-state index contributed by atoms with van der Waals surface area (Å²) in [5.74, 6) is 0. The van der Waals surface area contributed by atoms with Crippen LogP contribution < -0.4 is 16.2 Å². The van der Waals surface area contributed by atoms with Crippen LogP contribution in [0.2, 0.25) is 0 Å². The standard InChI is InChI=1S/H5N4O2PS/c1-7(2,8)3-4(5)6/h(H5,1,2,3,8). The van der Waals surface area contributed by atoms with Gasteiger partial charge in [0, 0.05) is 0 Å². The molecule has 0 spiro atoms. The van der Waals surface area contributed by atoms with E-state index in [1.807, 2.05) is 0 Å². The van der Waals surface area contributed by atoms with E-state index in [-0.39, 0.29) is 0 Å². The third-order valence-corrected chi connectivity index (χ3v) is 0.959. The van der Waals surface area contributed by atoms with Gasteiger partial charge in [0.15, 0.2) is 5.03 Å². The van der Waals surface area contributed by atoms with Crippen molar-refractivity contribution in [2.75, 3.05) is 0 Å². The van der Waals surface area contributed by atoms with E-state index >= 15 is 0 Å². The predicted molar refractivity (Wildman–Crippen MR) is 32.8 cm³/mol. The Morgan fingerprint density at radius 3 is 2.12 bits per heavy atom. The number of nitrogens with two attached hydrogens (primary N) is 2. The summed E-state index contributed by atoms with van der Waals surface area (Å²) < 4.78 is 0. The van der Waals surface area contributed by atoms with Gasteiger partial charge in [0.25, 0.3) is 0 Å². The van der Waals surface area contributed by atoms with E-state index in [2.05, 4.69) is 11.8 Å². The van der Waals surface area contributed by atoms with E-state index < -0.39 is 11.5 Å². The fourth-order valence-electron chi connectivity index (χ4n) is 0.128. The largest absolute Gasteiger partial charge is 0.271 e. The van der Waals surface area contributed by atoms with E-state index in [4.69, 9.17) is 11.0 Å². The number of nitrogens with one attached hydrogen (secondary N) is 1. The van der Waals surface area contributed by atoms with E-state index in [1.54, 1.807) is 5.20 Å². The Bertz CT molecular complexity index is 137. The highest BCUT2D eigenvalue weighted by molar-refractivity contribution is 8.11. The number of nitrogens with zero attached hydrogens (tertiary/aromatic N) is 1. The average molecular weight is 156 g/mol. The first-order chi connectivity index (χ1) is 3.42. The lowest BCUT2D eigenvalue weighted by molar-refractivity contribution is -0.519. The first-order valence-corrected chi connectivity index (χ1v) is 4.45. The second kappa shape index (κ2) is 2.36. The smallest absolute Gasteiger partial charge is 0.215 e. The van der Waals surface area contributed by atoms with Gasteiger partial charge >= 0.3 is 0 Å². The molecule has 0 radical (unpaired) electrons. The number of hydrogen-bond acceptors (Lipinski definition) is 3. The molecule has 0 aromatic carbocycles. The number of rotatable bonds is 2. The number of nitro groups is 1. The van der Waals surface area contributed by atoms with E-state index in [0.29, 0.717) is 0 Å². The third kappa shape index (κ3) is 5.77. The summed E-state index contributed by atoms with van der Waals surface area (Å²) in [6.45, 7) is -2.84. The van der Waals surface area contributed by atoms with Crippen molar-refractivity contribution in [3.8, 4) is 0 Å². The van der Waals surface area contributed by atoms with Gasteiger partial charge in [-0.25, -0.2) is 10.1 Å². The molecule has 0 fully saturated rings. The maximum Gasteiger partial charge on any atom is 0.215 e. The molecule has 0 atom stereocenters. The lowest BCUT2D eigenvalue weighted by Gasteiger charge is -2.02. The Kier molecular flexibility index (Phi) is 2.29. The van der Waals surface area contributed by atoms with Crippen LogP contribution in [0.15, 0.2) is 0 Å². The van der Waals surface area contributed by atoms with Crippen LogP contribution in [-0.4, -0.2) is 5.03 Å². The fraction of sp³-hybridized carbons (Fsp3) is 0. The normalized spacial score (nSPS) is 10.8. The lowest BCUT2D eigenvalue weighted by atomic mass is 12.7. The first kappa shape index (κ1) is 7.77. The molecule has 0 saturated carbocycles. The molecule has 0 aromatic rings. The fourth-order valence-corrected chi connectivity index (χ4v) is 0.583. The van der Waals surface area contributed by atoms with Crippen molar-refractivity contribution >= 4 is 18.3 Å². The Hall–Kier alpha value is -0.230. The van der Waals surface area contributed by atoms with Crippen LogP contribution in [0.3, 0.4) is 0 Å². The molecule has 0 rings (SSSR count). The highest BCUT2D eigenvalue weighted by atomic mass is 32.4. The van der Waals surface area contributed by atoms with Crippen molar-refractivity contribution in [1.29, 1.82) is 0 Å². The minimum Gasteiger partial charge on any atom is -0.271 e. The Morgan fingerprint density at radius 2 is 2.12 bits per heavy atom. The lowest BCUT2D eigenvalue weighted by Crippen LogP contribution is -2.26. The summed E-state index contributed by atoms with van der Waals surface area (Å²) in [5, 5.41) is 10.2. The summed E-state index contributed by atoms with van der Waals surface area (Å²) in [6, 6.07) is 0. The second-order valence-corrected chi connectivity index (χ2v) is 4.50. The monoisotopic (exact) mass is 156 g/mol. The molecule has 48 valence electrons. The topological polar surface area (TPSA) is 107 Å². The van der Waals surface area contributed by atoms with E-state index in [1.165, 1.54) is 0 Å². The van der Waals surface area contributed by atoms with Crippen molar-refractivity contribution in [1.82, 2.24) is 5.20 Å². The Labute approximate surface area is 50.5 Å².